The molecule has 3 rings (SSSR count). The molecule has 5 nitrogen and oxygen atoms in total. The van der Waals surface area contributed by atoms with Gasteiger partial charge < -0.3 is 9.73 Å². The minimum atomic E-state index is 0.674. The van der Waals surface area contributed by atoms with Gasteiger partial charge in [0.05, 0.1) is 10.2 Å². The summed E-state index contributed by atoms with van der Waals surface area (Å²) in [5.74, 6) is 0.674. The Morgan fingerprint density at radius 2 is 2.20 bits per heavy atom. The third-order valence-electron chi connectivity index (χ3n) is 3.21. The molecule has 0 aliphatic heterocycles. The molecule has 0 aliphatic carbocycles. The van der Waals surface area contributed by atoms with Crippen molar-refractivity contribution >= 4 is 27.0 Å². The Morgan fingerprint density at radius 3 is 2.95 bits per heavy atom. The van der Waals surface area contributed by atoms with Crippen molar-refractivity contribution in [2.45, 2.75) is 13.5 Å². The number of benzene rings is 1. The molecule has 3 aromatic rings. The van der Waals surface area contributed by atoms with Gasteiger partial charge in [0.2, 0.25) is 0 Å². The van der Waals surface area contributed by atoms with Crippen LogP contribution in [0.4, 0.5) is 0 Å². The van der Waals surface area contributed by atoms with E-state index in [4.69, 9.17) is 4.42 Å². The van der Waals surface area contributed by atoms with Crippen LogP contribution in [0.5, 0.6) is 0 Å². The van der Waals surface area contributed by atoms with Crippen LogP contribution >= 0.6 is 15.9 Å². The van der Waals surface area contributed by atoms with Gasteiger partial charge in [0.15, 0.2) is 11.5 Å². The lowest BCUT2D eigenvalue weighted by Gasteiger charge is -2.00. The monoisotopic (exact) mass is 334 g/mol. The zero-order chi connectivity index (χ0) is 14.3. The first kappa shape index (κ1) is 13.3. The van der Waals surface area contributed by atoms with Gasteiger partial charge >= 0.3 is 0 Å². The number of aryl methyl sites for hydroxylation is 2. The van der Waals surface area contributed by atoms with Gasteiger partial charge in [-0.2, -0.15) is 5.10 Å². The van der Waals surface area contributed by atoms with E-state index in [-0.39, 0.29) is 0 Å². The van der Waals surface area contributed by atoms with Crippen LogP contribution in [0.25, 0.3) is 22.4 Å². The van der Waals surface area contributed by atoms with Crippen molar-refractivity contribution in [2.24, 2.45) is 7.05 Å². The third kappa shape index (κ3) is 2.14. The van der Waals surface area contributed by atoms with Crippen molar-refractivity contribution in [3.8, 4) is 11.3 Å². The highest BCUT2D eigenvalue weighted by Gasteiger charge is 2.16. The number of hydrogen-bond donors (Lipinski definition) is 1. The molecule has 6 heteroatoms. The van der Waals surface area contributed by atoms with Crippen LogP contribution < -0.4 is 5.32 Å². The first-order valence-electron chi connectivity index (χ1n) is 6.33. The molecule has 0 radical (unpaired) electrons. The molecular weight excluding hydrogens is 320 g/mol. The van der Waals surface area contributed by atoms with Crippen molar-refractivity contribution in [2.75, 3.05) is 7.05 Å². The molecule has 2 aromatic heterocycles. The second-order valence-corrected chi connectivity index (χ2v) is 5.47. The smallest absolute Gasteiger partial charge is 0.192 e. The van der Waals surface area contributed by atoms with E-state index in [0.717, 1.165) is 39.1 Å². The highest BCUT2D eigenvalue weighted by molar-refractivity contribution is 9.10. The Balaban J connectivity index is 2.12. The van der Waals surface area contributed by atoms with Gasteiger partial charge in [-0.1, -0.05) is 6.07 Å². The SMILES string of the molecule is CNCc1c(Br)c(-c2ccc3nc(C)oc3c2)nn1C. The van der Waals surface area contributed by atoms with Gasteiger partial charge in [-0.15, -0.1) is 0 Å². The van der Waals surface area contributed by atoms with Gasteiger partial charge in [-0.3, -0.25) is 4.68 Å². The number of aromatic nitrogens is 3. The summed E-state index contributed by atoms with van der Waals surface area (Å²) in [6.45, 7) is 2.61. The number of oxazole rings is 1. The molecule has 0 atom stereocenters. The molecule has 0 spiro atoms. The topological polar surface area (TPSA) is 55.9 Å². The quantitative estimate of drug-likeness (QED) is 0.799. The molecule has 2 heterocycles. The fourth-order valence-electron chi connectivity index (χ4n) is 2.26. The lowest BCUT2D eigenvalue weighted by Crippen LogP contribution is -2.10. The van der Waals surface area contributed by atoms with Crippen LogP contribution in [0.15, 0.2) is 27.1 Å². The van der Waals surface area contributed by atoms with Crippen LogP contribution in [0.1, 0.15) is 11.6 Å². The van der Waals surface area contributed by atoms with E-state index in [0.29, 0.717) is 5.89 Å². The van der Waals surface area contributed by atoms with Crippen molar-refractivity contribution in [1.82, 2.24) is 20.1 Å². The van der Waals surface area contributed by atoms with E-state index in [2.05, 4.69) is 31.3 Å². The van der Waals surface area contributed by atoms with Crippen molar-refractivity contribution in [1.29, 1.82) is 0 Å². The van der Waals surface area contributed by atoms with E-state index in [1.807, 2.05) is 43.9 Å². The summed E-state index contributed by atoms with van der Waals surface area (Å²) in [4.78, 5) is 4.31. The number of nitrogens with one attached hydrogen (secondary N) is 1. The molecule has 0 amide bonds. The second-order valence-electron chi connectivity index (χ2n) is 4.68. The van der Waals surface area contributed by atoms with Crippen LogP contribution in [-0.2, 0) is 13.6 Å². The number of nitrogens with zero attached hydrogens (tertiary/aromatic N) is 3. The lowest BCUT2D eigenvalue weighted by molar-refractivity contribution is 0.561. The van der Waals surface area contributed by atoms with E-state index < -0.39 is 0 Å². The lowest BCUT2D eigenvalue weighted by atomic mass is 10.1. The Labute approximate surface area is 125 Å². The van der Waals surface area contributed by atoms with Crippen molar-refractivity contribution in [3.63, 3.8) is 0 Å². The Morgan fingerprint density at radius 1 is 1.40 bits per heavy atom. The first-order valence-corrected chi connectivity index (χ1v) is 7.13. The van der Waals surface area contributed by atoms with Crippen molar-refractivity contribution in [3.05, 3.63) is 34.3 Å². The maximum Gasteiger partial charge on any atom is 0.192 e. The van der Waals surface area contributed by atoms with Gasteiger partial charge in [-0.05, 0) is 35.1 Å². The molecule has 104 valence electrons. The van der Waals surface area contributed by atoms with Gasteiger partial charge in [-0.25, -0.2) is 4.98 Å². The first-order chi connectivity index (χ1) is 9.60. The Kier molecular flexibility index (Phi) is 3.35. The average Bonchev–Trinajstić information content (AvgIpc) is 2.91. The number of rotatable bonds is 3. The summed E-state index contributed by atoms with van der Waals surface area (Å²) >= 11 is 3.64. The molecular formula is C14H15BrN4O. The molecule has 0 bridgehead atoms. The van der Waals surface area contributed by atoms with E-state index >= 15 is 0 Å². The summed E-state index contributed by atoms with van der Waals surface area (Å²) in [5, 5.41) is 7.72. The van der Waals surface area contributed by atoms with Gasteiger partial charge in [0.25, 0.3) is 0 Å². The van der Waals surface area contributed by atoms with E-state index in [1.54, 1.807) is 0 Å². The minimum absolute atomic E-state index is 0.674. The second kappa shape index (κ2) is 5.03. The van der Waals surface area contributed by atoms with Gasteiger partial charge in [0, 0.05) is 26.1 Å². The van der Waals surface area contributed by atoms with Crippen LogP contribution in [0.2, 0.25) is 0 Å². The highest BCUT2D eigenvalue weighted by atomic mass is 79.9. The van der Waals surface area contributed by atoms with E-state index in [9.17, 15) is 0 Å². The number of fused-ring (bicyclic) bond motifs is 1. The summed E-state index contributed by atoms with van der Waals surface area (Å²) in [6.07, 6.45) is 0. The molecule has 0 unspecified atom stereocenters. The van der Waals surface area contributed by atoms with Crippen LogP contribution in [-0.4, -0.2) is 21.8 Å². The summed E-state index contributed by atoms with van der Waals surface area (Å²) in [6, 6.07) is 5.95. The fourth-order valence-corrected chi connectivity index (χ4v) is 2.97. The van der Waals surface area contributed by atoms with Crippen molar-refractivity contribution < 1.29 is 4.42 Å². The van der Waals surface area contributed by atoms with Gasteiger partial charge in [0.1, 0.15) is 11.2 Å². The molecule has 0 fully saturated rings. The average molecular weight is 335 g/mol. The maximum atomic E-state index is 5.58. The number of halogens is 1. The molecule has 20 heavy (non-hydrogen) atoms. The number of hydrogen-bond acceptors (Lipinski definition) is 4. The molecule has 1 aromatic carbocycles. The third-order valence-corrected chi connectivity index (χ3v) is 4.05. The maximum absolute atomic E-state index is 5.58. The Hall–Kier alpha value is -1.66. The zero-order valence-electron chi connectivity index (χ0n) is 11.6. The molecule has 0 saturated carbocycles. The standard InChI is InChI=1S/C14H15BrN4O/c1-8-17-10-5-4-9(6-12(10)20-8)14-13(15)11(7-16-2)19(3)18-14/h4-6,16H,7H2,1-3H3. The van der Waals surface area contributed by atoms with Crippen LogP contribution in [0.3, 0.4) is 0 Å². The van der Waals surface area contributed by atoms with E-state index in [1.165, 1.54) is 0 Å². The molecule has 0 aliphatic rings. The summed E-state index contributed by atoms with van der Waals surface area (Å²) < 4.78 is 8.47. The fraction of sp³-hybridized carbons (Fsp3) is 0.286. The highest BCUT2D eigenvalue weighted by Crippen LogP contribution is 2.32. The summed E-state index contributed by atoms with van der Waals surface area (Å²) in [5.41, 5.74) is 4.69. The Bertz CT molecular complexity index is 775. The normalized spacial score (nSPS) is 11.4. The zero-order valence-corrected chi connectivity index (χ0v) is 13.2. The predicted octanol–water partition coefficient (Wildman–Crippen LogP) is 3.02. The molecule has 0 saturated heterocycles. The summed E-state index contributed by atoms with van der Waals surface area (Å²) in [7, 11) is 3.86. The minimum Gasteiger partial charge on any atom is -0.441 e. The predicted molar refractivity (Wildman–Crippen MR) is 81.4 cm³/mol. The largest absolute Gasteiger partial charge is 0.441 e. The van der Waals surface area contributed by atoms with Crippen LogP contribution in [0, 0.1) is 6.92 Å². The molecule has 1 N–H and O–H groups in total.